The van der Waals surface area contributed by atoms with Gasteiger partial charge >= 0.3 is 145 Å². The molecule has 0 amide bonds. The summed E-state index contributed by atoms with van der Waals surface area (Å²) < 4.78 is 1.47. The van der Waals surface area contributed by atoms with Gasteiger partial charge < -0.3 is 24.8 Å². The summed E-state index contributed by atoms with van der Waals surface area (Å²) in [5, 5.41) is 5.33. The van der Waals surface area contributed by atoms with E-state index in [-0.39, 0.29) is 46.5 Å². The Hall–Kier alpha value is -3.49. The Balaban J connectivity index is 0.000000227. The molecule has 0 saturated carbocycles. The van der Waals surface area contributed by atoms with Crippen molar-refractivity contribution in [3.8, 4) is 11.1 Å². The smallest absolute Gasteiger partial charge is 0.172 e. The molecule has 3 heteroatoms. The quantitative estimate of drug-likeness (QED) is 0.120. The van der Waals surface area contributed by atoms with Crippen LogP contribution in [0.3, 0.4) is 0 Å². The summed E-state index contributed by atoms with van der Waals surface area (Å²) in [5.74, 6) is 0. The Morgan fingerprint density at radius 1 is 0.500 bits per heavy atom. The number of hydrogen-bond donors (Lipinski definition) is 0. The maximum Gasteiger partial charge on any atom is -0.172 e. The Labute approximate surface area is 377 Å². The van der Waals surface area contributed by atoms with Gasteiger partial charge in [-0.05, 0) is 39.4 Å². The third-order valence-electron chi connectivity index (χ3n) is 10.9. The van der Waals surface area contributed by atoms with E-state index in [0.29, 0.717) is 0 Å². The number of benzene rings is 6. The summed E-state index contributed by atoms with van der Waals surface area (Å²) in [6.07, 6.45) is 1.01. The molecule has 0 nitrogen and oxygen atoms in total. The monoisotopic (exact) mass is 970 g/mol. The van der Waals surface area contributed by atoms with Crippen molar-refractivity contribution < 1.29 is 48.7 Å². The topological polar surface area (TPSA) is 0 Å². The molecule has 0 spiro atoms. The second-order valence-corrected chi connectivity index (χ2v) is 21.4. The van der Waals surface area contributed by atoms with E-state index in [2.05, 4.69) is 192 Å². The zero-order chi connectivity index (χ0) is 40.6. The molecule has 7 aromatic rings. The first-order chi connectivity index (χ1) is 26.2. The van der Waals surface area contributed by atoms with Crippen molar-refractivity contribution in [3.05, 3.63) is 184 Å². The zero-order valence-electron chi connectivity index (χ0n) is 36.7. The summed E-state index contributed by atoms with van der Waals surface area (Å²) in [4.78, 5) is 0. The van der Waals surface area contributed by atoms with Crippen molar-refractivity contribution in [2.24, 2.45) is 0 Å². The van der Waals surface area contributed by atoms with E-state index >= 15 is 0 Å². The molecule has 0 heterocycles. The predicted molar refractivity (Wildman–Crippen MR) is 241 cm³/mol. The van der Waals surface area contributed by atoms with Crippen LogP contribution in [0.2, 0.25) is 0 Å². The molecule has 0 N–H and O–H groups in total. The van der Waals surface area contributed by atoms with Crippen LogP contribution in [-0.4, -0.2) is 3.26 Å². The van der Waals surface area contributed by atoms with Crippen LogP contribution >= 0.6 is 0 Å². The molecule has 0 atom stereocenters. The molecule has 0 unspecified atom stereocenters. The largest absolute Gasteiger partial charge is 0.214 e. The molecule has 7 aromatic carbocycles. The van der Waals surface area contributed by atoms with Crippen LogP contribution in [0.15, 0.2) is 133 Å². The standard InChI is InChI=1S/C29H41.C21H14.C5H5.2ClH.Hf/c1-26(2,3)22-14-18-13-19-15-23(27(4,5)6)25(29(10,11)12)17-21(19)20(18)16-24(22)28(7,8)9;1-3-13-20-16(7-1)9-5-11-18(20)15-19-12-6-10-17-8-2-4-14-21(17)19;1-2-4-5-3-1;;;/h14,16-17H,13H2,1-12H3;1-14H;1-5H;2*1H;/q-1;;-1;;;+2/p-2. The average Bonchev–Trinajstić information content (AvgIpc) is 3.84. The van der Waals surface area contributed by atoms with Crippen LogP contribution in [-0.2, 0) is 52.0 Å². The molecule has 0 radical (unpaired) electrons. The Morgan fingerprint density at radius 2 is 0.931 bits per heavy atom. The molecule has 0 fully saturated rings. The maximum absolute atomic E-state index is 3.90. The Kier molecular flexibility index (Phi) is 15.0. The van der Waals surface area contributed by atoms with Crippen molar-refractivity contribution in [3.63, 3.8) is 0 Å². The molecule has 8 rings (SSSR count). The minimum absolute atomic E-state index is 0. The molecule has 300 valence electrons. The Bertz CT molecular complexity index is 2300. The van der Waals surface area contributed by atoms with E-state index in [4.69, 9.17) is 0 Å². The first-order valence-corrected chi connectivity index (χ1v) is 22.0. The number of fused-ring (bicyclic) bond motifs is 5. The zero-order valence-corrected chi connectivity index (χ0v) is 41.8. The van der Waals surface area contributed by atoms with E-state index in [1.54, 1.807) is 0 Å². The SMILES string of the molecule is CC(C)(C)c1[c-]c2c(cc1C(C)(C)C)-c1cc(C(C)(C)C)c(C(C)(C)C)cc1C2.[Cl-].[Cl-].[Hf+2]=[C](c1cccc2ccccc12)c1cccc2ccccc12.c1cc[cH-]c1. The second kappa shape index (κ2) is 18.4. The van der Waals surface area contributed by atoms with Gasteiger partial charge in [0.25, 0.3) is 0 Å². The summed E-state index contributed by atoms with van der Waals surface area (Å²) in [7, 11) is 0. The minimum atomic E-state index is 0. The van der Waals surface area contributed by atoms with E-state index in [1.807, 2.05) is 30.3 Å². The van der Waals surface area contributed by atoms with E-state index < -0.39 is 0 Å². The van der Waals surface area contributed by atoms with Gasteiger partial charge in [0.05, 0.1) is 0 Å². The van der Waals surface area contributed by atoms with Crippen LogP contribution in [0, 0.1) is 6.07 Å². The summed E-state index contributed by atoms with van der Waals surface area (Å²) in [6, 6.07) is 51.9. The predicted octanol–water partition coefficient (Wildman–Crippen LogP) is 8.77. The molecular weight excluding hydrogens is 910 g/mol. The number of rotatable bonds is 2. The normalized spacial score (nSPS) is 12.2. The third-order valence-corrected chi connectivity index (χ3v) is 12.8. The fraction of sp³-hybridized carbons (Fsp3) is 0.309. The maximum atomic E-state index is 3.90. The molecule has 58 heavy (non-hydrogen) atoms. The molecule has 1 aliphatic rings. The van der Waals surface area contributed by atoms with Gasteiger partial charge in [-0.25, -0.2) is 12.1 Å². The first kappa shape index (κ1) is 47.2. The third kappa shape index (κ3) is 10.4. The molecular formula is C55H60Cl2Hf-2. The number of halogens is 2. The number of hydrogen-bond acceptors (Lipinski definition) is 0. The molecule has 0 aromatic heterocycles. The van der Waals surface area contributed by atoms with Gasteiger partial charge in [0.15, 0.2) is 0 Å². The Morgan fingerprint density at radius 3 is 1.36 bits per heavy atom. The van der Waals surface area contributed by atoms with Crippen molar-refractivity contribution in [1.82, 2.24) is 0 Å². The molecule has 0 saturated heterocycles. The van der Waals surface area contributed by atoms with Gasteiger partial charge in [-0.3, -0.25) is 0 Å². The summed E-state index contributed by atoms with van der Waals surface area (Å²) in [5.41, 5.74) is 14.7. The van der Waals surface area contributed by atoms with Gasteiger partial charge in [-0.1, -0.05) is 106 Å². The fourth-order valence-electron chi connectivity index (χ4n) is 7.98. The van der Waals surface area contributed by atoms with Crippen LogP contribution in [0.5, 0.6) is 0 Å². The summed E-state index contributed by atoms with van der Waals surface area (Å²) in [6.45, 7) is 28.0. The van der Waals surface area contributed by atoms with Crippen LogP contribution < -0.4 is 24.8 Å². The average molecular weight is 970 g/mol. The molecule has 0 aliphatic heterocycles. The van der Waals surface area contributed by atoms with Crippen LogP contribution in [0.4, 0.5) is 0 Å². The van der Waals surface area contributed by atoms with Crippen molar-refractivity contribution in [2.45, 2.75) is 111 Å². The van der Waals surface area contributed by atoms with Crippen molar-refractivity contribution >= 4 is 24.8 Å². The van der Waals surface area contributed by atoms with E-state index in [9.17, 15) is 0 Å². The molecule has 1 aliphatic carbocycles. The van der Waals surface area contributed by atoms with Crippen LogP contribution in [0.1, 0.15) is 128 Å². The van der Waals surface area contributed by atoms with Gasteiger partial charge in [0.1, 0.15) is 0 Å². The van der Waals surface area contributed by atoms with Crippen molar-refractivity contribution in [1.29, 1.82) is 0 Å². The van der Waals surface area contributed by atoms with Crippen LogP contribution in [0.25, 0.3) is 32.7 Å². The van der Waals surface area contributed by atoms with Gasteiger partial charge in [0.2, 0.25) is 0 Å². The van der Waals surface area contributed by atoms with Gasteiger partial charge in [-0.2, -0.15) is 35.9 Å². The van der Waals surface area contributed by atoms with Gasteiger partial charge in [-0.15, -0.1) is 16.7 Å². The van der Waals surface area contributed by atoms with E-state index in [0.717, 1.165) is 30.3 Å². The fourth-order valence-corrected chi connectivity index (χ4v) is 9.54. The molecule has 0 bridgehead atoms. The minimum Gasteiger partial charge on any atom is -0.214 e. The first-order valence-electron chi connectivity index (χ1n) is 20.2. The van der Waals surface area contributed by atoms with Crippen molar-refractivity contribution in [2.75, 3.05) is 0 Å². The van der Waals surface area contributed by atoms with Gasteiger partial charge in [0, 0.05) is 0 Å². The second-order valence-electron chi connectivity index (χ2n) is 19.6. The summed E-state index contributed by atoms with van der Waals surface area (Å²) >= 11 is 1.02. The van der Waals surface area contributed by atoms with E-state index in [1.165, 1.54) is 80.4 Å².